The number of hydrogen-bond donors (Lipinski definition) is 2. The summed E-state index contributed by atoms with van der Waals surface area (Å²) >= 11 is 0. The molecular weight excluding hydrogens is 228 g/mol. The zero-order chi connectivity index (χ0) is 12.8. The van der Waals surface area contributed by atoms with Crippen LogP contribution in [-0.2, 0) is 11.3 Å². The van der Waals surface area contributed by atoms with E-state index in [0.29, 0.717) is 18.3 Å². The molecule has 0 bridgehead atoms. The zero-order valence-corrected chi connectivity index (χ0v) is 10.7. The van der Waals surface area contributed by atoms with Gasteiger partial charge >= 0.3 is 0 Å². The summed E-state index contributed by atoms with van der Waals surface area (Å²) in [5, 5.41) is 0. The van der Waals surface area contributed by atoms with Crippen molar-refractivity contribution in [1.82, 2.24) is 9.88 Å². The molecule has 0 saturated carbocycles. The van der Waals surface area contributed by atoms with Gasteiger partial charge in [0.05, 0.1) is 23.7 Å². The van der Waals surface area contributed by atoms with Crippen LogP contribution in [0.5, 0.6) is 0 Å². The number of anilines is 1. The molecule has 0 spiro atoms. The first-order chi connectivity index (χ1) is 8.78. The van der Waals surface area contributed by atoms with Gasteiger partial charge in [-0.1, -0.05) is 0 Å². The van der Waals surface area contributed by atoms with Crippen LogP contribution in [0, 0.1) is 0 Å². The van der Waals surface area contributed by atoms with E-state index in [1.54, 1.807) is 6.20 Å². The fourth-order valence-corrected chi connectivity index (χ4v) is 2.25. The van der Waals surface area contributed by atoms with Gasteiger partial charge in [0.2, 0.25) is 0 Å². The first-order valence-corrected chi connectivity index (χ1v) is 6.52. The summed E-state index contributed by atoms with van der Waals surface area (Å²) in [6.07, 6.45) is 4.37. The van der Waals surface area contributed by atoms with Crippen molar-refractivity contribution >= 4 is 5.69 Å². The molecule has 1 fully saturated rings. The minimum Gasteiger partial charge on any atom is -0.397 e. The van der Waals surface area contributed by atoms with Crippen LogP contribution < -0.4 is 11.5 Å². The van der Waals surface area contributed by atoms with Gasteiger partial charge in [-0.3, -0.25) is 9.88 Å². The normalized spacial score (nSPS) is 19.6. The molecule has 0 amide bonds. The number of nitrogens with two attached hydrogens (primary N) is 2. The zero-order valence-electron chi connectivity index (χ0n) is 10.7. The Morgan fingerprint density at radius 1 is 1.44 bits per heavy atom. The maximum Gasteiger partial charge on any atom is 0.0702 e. The van der Waals surface area contributed by atoms with Gasteiger partial charge in [0.15, 0.2) is 0 Å². The first kappa shape index (κ1) is 13.3. The van der Waals surface area contributed by atoms with E-state index in [0.717, 1.165) is 38.4 Å². The molecule has 2 rings (SSSR count). The van der Waals surface area contributed by atoms with Crippen LogP contribution in [0.15, 0.2) is 18.3 Å². The van der Waals surface area contributed by atoms with E-state index in [2.05, 4.69) is 9.88 Å². The minimum atomic E-state index is 0.352. The molecule has 0 radical (unpaired) electrons. The summed E-state index contributed by atoms with van der Waals surface area (Å²) in [5.41, 5.74) is 13.0. The van der Waals surface area contributed by atoms with Crippen LogP contribution in [-0.4, -0.2) is 42.2 Å². The second-order valence-electron chi connectivity index (χ2n) is 4.74. The Morgan fingerprint density at radius 3 is 2.94 bits per heavy atom. The molecular formula is C13H22N4O. The minimum absolute atomic E-state index is 0.352. The van der Waals surface area contributed by atoms with E-state index in [9.17, 15) is 0 Å². The van der Waals surface area contributed by atoms with E-state index < -0.39 is 0 Å². The number of nitrogens with zero attached hydrogens (tertiary/aromatic N) is 2. The average molecular weight is 250 g/mol. The molecule has 1 aliphatic rings. The molecule has 1 aromatic rings. The van der Waals surface area contributed by atoms with Crippen LogP contribution >= 0.6 is 0 Å². The highest BCUT2D eigenvalue weighted by Gasteiger charge is 2.19. The van der Waals surface area contributed by atoms with Crippen molar-refractivity contribution in [2.45, 2.75) is 25.5 Å². The number of pyridine rings is 1. The van der Waals surface area contributed by atoms with Crippen LogP contribution in [0.2, 0.25) is 0 Å². The van der Waals surface area contributed by atoms with E-state index in [-0.39, 0.29) is 0 Å². The van der Waals surface area contributed by atoms with E-state index in [1.807, 2.05) is 12.1 Å². The Bertz CT molecular complexity index is 349. The largest absolute Gasteiger partial charge is 0.397 e. The van der Waals surface area contributed by atoms with Gasteiger partial charge in [-0.15, -0.1) is 0 Å². The maximum absolute atomic E-state index is 5.66. The summed E-state index contributed by atoms with van der Waals surface area (Å²) in [7, 11) is 0. The molecule has 1 atom stereocenters. The third kappa shape index (κ3) is 3.94. The van der Waals surface area contributed by atoms with E-state index >= 15 is 0 Å². The van der Waals surface area contributed by atoms with Crippen molar-refractivity contribution in [3.8, 4) is 0 Å². The lowest BCUT2D eigenvalue weighted by atomic mass is 10.2. The number of rotatable bonds is 6. The molecule has 1 aliphatic heterocycles. The molecule has 1 saturated heterocycles. The predicted octanol–water partition coefficient (Wildman–Crippen LogP) is 0.603. The van der Waals surface area contributed by atoms with Crippen molar-refractivity contribution in [2.24, 2.45) is 5.73 Å². The molecule has 0 aliphatic carbocycles. The lowest BCUT2D eigenvalue weighted by molar-refractivity contribution is 0.0713. The second kappa shape index (κ2) is 6.68. The highest BCUT2D eigenvalue weighted by atomic mass is 16.5. The first-order valence-electron chi connectivity index (χ1n) is 6.52. The van der Waals surface area contributed by atoms with Gasteiger partial charge in [0, 0.05) is 32.8 Å². The highest BCUT2D eigenvalue weighted by Crippen LogP contribution is 2.14. The van der Waals surface area contributed by atoms with E-state index in [1.165, 1.54) is 6.42 Å². The monoisotopic (exact) mass is 250 g/mol. The highest BCUT2D eigenvalue weighted by molar-refractivity contribution is 5.34. The Kier molecular flexibility index (Phi) is 4.92. The Labute approximate surface area is 108 Å². The second-order valence-corrected chi connectivity index (χ2v) is 4.74. The average Bonchev–Trinajstić information content (AvgIpc) is 2.85. The number of nitrogen functional groups attached to an aromatic ring is 1. The molecule has 5 heteroatoms. The molecule has 100 valence electrons. The van der Waals surface area contributed by atoms with Gasteiger partial charge in [-0.05, 0) is 25.0 Å². The molecule has 0 aromatic carbocycles. The van der Waals surface area contributed by atoms with Gasteiger partial charge in [-0.25, -0.2) is 0 Å². The molecule has 1 unspecified atom stereocenters. The Morgan fingerprint density at radius 2 is 2.33 bits per heavy atom. The summed E-state index contributed by atoms with van der Waals surface area (Å²) < 4.78 is 5.66. The van der Waals surface area contributed by atoms with Gasteiger partial charge in [0.25, 0.3) is 0 Å². The van der Waals surface area contributed by atoms with Gasteiger partial charge in [-0.2, -0.15) is 0 Å². The van der Waals surface area contributed by atoms with Crippen molar-refractivity contribution in [3.63, 3.8) is 0 Å². The van der Waals surface area contributed by atoms with Gasteiger partial charge < -0.3 is 16.2 Å². The quantitative estimate of drug-likeness (QED) is 0.773. The summed E-state index contributed by atoms with van der Waals surface area (Å²) in [5.74, 6) is 0. The number of hydrogen-bond acceptors (Lipinski definition) is 5. The van der Waals surface area contributed by atoms with Crippen LogP contribution in [0.1, 0.15) is 18.5 Å². The SMILES string of the molecule is NCCN(Cc1ccc(N)cn1)CC1CCCO1. The fraction of sp³-hybridized carbons (Fsp3) is 0.615. The lowest BCUT2D eigenvalue weighted by Crippen LogP contribution is -2.35. The molecule has 4 N–H and O–H groups in total. The molecule has 2 heterocycles. The van der Waals surface area contributed by atoms with Crippen LogP contribution in [0.4, 0.5) is 5.69 Å². The third-order valence-electron chi connectivity index (χ3n) is 3.16. The fourth-order valence-electron chi connectivity index (χ4n) is 2.25. The summed E-state index contributed by atoms with van der Waals surface area (Å²) in [6, 6.07) is 3.85. The third-order valence-corrected chi connectivity index (χ3v) is 3.16. The van der Waals surface area contributed by atoms with Crippen molar-refractivity contribution in [2.75, 3.05) is 32.0 Å². The van der Waals surface area contributed by atoms with Crippen molar-refractivity contribution < 1.29 is 4.74 Å². The molecule has 18 heavy (non-hydrogen) atoms. The molecule has 5 nitrogen and oxygen atoms in total. The maximum atomic E-state index is 5.66. The smallest absolute Gasteiger partial charge is 0.0702 e. The summed E-state index contributed by atoms with van der Waals surface area (Å²) in [6.45, 7) is 4.15. The van der Waals surface area contributed by atoms with Crippen molar-refractivity contribution in [1.29, 1.82) is 0 Å². The Hall–Kier alpha value is -1.17. The van der Waals surface area contributed by atoms with Crippen LogP contribution in [0.25, 0.3) is 0 Å². The Balaban J connectivity index is 1.90. The van der Waals surface area contributed by atoms with Crippen LogP contribution in [0.3, 0.4) is 0 Å². The van der Waals surface area contributed by atoms with E-state index in [4.69, 9.17) is 16.2 Å². The predicted molar refractivity (Wildman–Crippen MR) is 72.0 cm³/mol. The standard InChI is InChI=1S/C13H22N4O/c14-5-6-17(10-13-2-1-7-18-13)9-12-4-3-11(15)8-16-12/h3-4,8,13H,1-2,5-7,9-10,14-15H2. The summed E-state index contributed by atoms with van der Waals surface area (Å²) in [4.78, 5) is 6.63. The van der Waals surface area contributed by atoms with Gasteiger partial charge in [0.1, 0.15) is 0 Å². The topological polar surface area (TPSA) is 77.4 Å². The van der Waals surface area contributed by atoms with Crippen molar-refractivity contribution in [3.05, 3.63) is 24.0 Å². The molecule has 1 aromatic heterocycles. The lowest BCUT2D eigenvalue weighted by Gasteiger charge is -2.24. The number of ether oxygens (including phenoxy) is 1. The number of aromatic nitrogens is 1.